The van der Waals surface area contributed by atoms with E-state index in [2.05, 4.69) is 15.5 Å². The topological polar surface area (TPSA) is 86.5 Å². The highest BCUT2D eigenvalue weighted by Crippen LogP contribution is 2.33. The summed E-state index contributed by atoms with van der Waals surface area (Å²) in [6.07, 6.45) is 1.76. The quantitative estimate of drug-likeness (QED) is 0.836. The fourth-order valence-electron chi connectivity index (χ4n) is 3.06. The number of nitrogens with zero attached hydrogens (tertiary/aromatic N) is 2. The van der Waals surface area contributed by atoms with E-state index in [0.717, 1.165) is 31.5 Å². The molecule has 1 aliphatic heterocycles. The highest BCUT2D eigenvalue weighted by Gasteiger charge is 2.39. The van der Waals surface area contributed by atoms with Crippen LogP contribution in [-0.4, -0.2) is 50.0 Å². The zero-order chi connectivity index (χ0) is 17.0. The summed E-state index contributed by atoms with van der Waals surface area (Å²) in [6, 6.07) is 7.00. The molecule has 0 bridgehead atoms. The average Bonchev–Trinajstić information content (AvgIpc) is 3.13. The van der Waals surface area contributed by atoms with E-state index in [1.165, 1.54) is 7.11 Å². The van der Waals surface area contributed by atoms with Crippen molar-refractivity contribution in [2.75, 3.05) is 33.9 Å². The molecule has 0 unspecified atom stereocenters. The van der Waals surface area contributed by atoms with Gasteiger partial charge in [0.15, 0.2) is 0 Å². The molecule has 7 heteroatoms. The van der Waals surface area contributed by atoms with Crippen molar-refractivity contribution in [3.05, 3.63) is 35.7 Å². The Morgan fingerprint density at radius 1 is 1.33 bits per heavy atom. The van der Waals surface area contributed by atoms with E-state index in [4.69, 9.17) is 14.0 Å². The fraction of sp³-hybridized carbons (Fsp3) is 0.471. The molecular weight excluding hydrogens is 310 g/mol. The minimum absolute atomic E-state index is 0.259. The number of benzene rings is 1. The summed E-state index contributed by atoms with van der Waals surface area (Å²) in [5.41, 5.74) is 0.912. The van der Waals surface area contributed by atoms with Crippen molar-refractivity contribution >= 4 is 5.97 Å². The summed E-state index contributed by atoms with van der Waals surface area (Å²) >= 11 is 0. The molecule has 0 spiro atoms. The number of carbonyl (C=O) groups is 1. The van der Waals surface area contributed by atoms with Crippen molar-refractivity contribution in [2.24, 2.45) is 0 Å². The first kappa shape index (κ1) is 16.6. The lowest BCUT2D eigenvalue weighted by Gasteiger charge is -2.33. The normalized spacial score (nSPS) is 16.8. The lowest BCUT2D eigenvalue weighted by Crippen LogP contribution is -2.43. The van der Waals surface area contributed by atoms with Crippen molar-refractivity contribution in [2.45, 2.75) is 18.3 Å². The third kappa shape index (κ3) is 3.18. The lowest BCUT2D eigenvalue weighted by atomic mass is 9.79. The van der Waals surface area contributed by atoms with Crippen LogP contribution in [-0.2, 0) is 14.9 Å². The van der Waals surface area contributed by atoms with Crippen LogP contribution in [0.2, 0.25) is 0 Å². The average molecular weight is 331 g/mol. The number of aromatic nitrogens is 2. The number of carbonyl (C=O) groups excluding carboxylic acids is 1. The Morgan fingerprint density at radius 3 is 2.83 bits per heavy atom. The SMILES string of the molecule is COCC1(c2nc(-c3cccc(C(=O)OC)c3)no2)CCNCC1. The standard InChI is InChI=1S/C17H21N3O4/c1-22-11-17(6-8-18-9-7-17)16-19-14(20-24-16)12-4-3-5-13(10-12)15(21)23-2/h3-5,10,18H,6-9,11H2,1-2H3. The van der Waals surface area contributed by atoms with Crippen molar-refractivity contribution < 1.29 is 18.8 Å². The van der Waals surface area contributed by atoms with Crippen molar-refractivity contribution in [3.63, 3.8) is 0 Å². The lowest BCUT2D eigenvalue weighted by molar-refractivity contribution is 0.0601. The van der Waals surface area contributed by atoms with Gasteiger partial charge in [0.25, 0.3) is 0 Å². The second-order valence-electron chi connectivity index (χ2n) is 5.96. The summed E-state index contributed by atoms with van der Waals surface area (Å²) in [5.74, 6) is 0.656. The Bertz CT molecular complexity index is 702. The van der Waals surface area contributed by atoms with Gasteiger partial charge in [0.05, 0.1) is 24.7 Å². The molecule has 1 N–H and O–H groups in total. The second-order valence-corrected chi connectivity index (χ2v) is 5.96. The van der Waals surface area contributed by atoms with Crippen molar-refractivity contribution in [1.82, 2.24) is 15.5 Å². The number of rotatable bonds is 5. The maximum absolute atomic E-state index is 11.7. The van der Waals surface area contributed by atoms with Gasteiger partial charge in [0, 0.05) is 12.7 Å². The van der Waals surface area contributed by atoms with Crippen LogP contribution in [0, 0.1) is 0 Å². The zero-order valence-corrected chi connectivity index (χ0v) is 13.9. The van der Waals surface area contributed by atoms with Gasteiger partial charge in [0.1, 0.15) is 0 Å². The molecule has 0 aliphatic carbocycles. The van der Waals surface area contributed by atoms with E-state index in [-0.39, 0.29) is 5.41 Å². The summed E-state index contributed by atoms with van der Waals surface area (Å²) in [5, 5.41) is 7.44. The van der Waals surface area contributed by atoms with Gasteiger partial charge in [-0.2, -0.15) is 4.98 Å². The van der Waals surface area contributed by atoms with Crippen LogP contribution in [0.1, 0.15) is 29.1 Å². The summed E-state index contributed by atoms with van der Waals surface area (Å²) in [6.45, 7) is 2.32. The highest BCUT2D eigenvalue weighted by atomic mass is 16.5. The molecule has 0 radical (unpaired) electrons. The van der Waals surface area contributed by atoms with E-state index < -0.39 is 5.97 Å². The van der Waals surface area contributed by atoms with Crippen LogP contribution >= 0.6 is 0 Å². The summed E-state index contributed by atoms with van der Waals surface area (Å²) in [4.78, 5) is 16.3. The molecule has 0 saturated carbocycles. The van der Waals surface area contributed by atoms with Crippen LogP contribution < -0.4 is 5.32 Å². The molecule has 2 aromatic rings. The number of methoxy groups -OCH3 is 2. The number of piperidine rings is 1. The second kappa shape index (κ2) is 7.11. The molecule has 3 rings (SSSR count). The molecule has 1 aliphatic rings. The van der Waals surface area contributed by atoms with E-state index in [1.807, 2.05) is 6.07 Å². The van der Waals surface area contributed by atoms with Crippen LogP contribution in [0.4, 0.5) is 0 Å². The minimum Gasteiger partial charge on any atom is -0.465 e. The molecule has 7 nitrogen and oxygen atoms in total. The Hall–Kier alpha value is -2.25. The molecule has 2 heterocycles. The molecule has 1 fully saturated rings. The van der Waals surface area contributed by atoms with Crippen LogP contribution in [0.5, 0.6) is 0 Å². The van der Waals surface area contributed by atoms with Gasteiger partial charge in [0.2, 0.25) is 11.7 Å². The third-order valence-corrected chi connectivity index (χ3v) is 4.40. The molecule has 0 atom stereocenters. The first-order valence-corrected chi connectivity index (χ1v) is 7.91. The van der Waals surface area contributed by atoms with Crippen LogP contribution in [0.3, 0.4) is 0 Å². The molecule has 1 saturated heterocycles. The molecule has 1 aromatic heterocycles. The van der Waals surface area contributed by atoms with Crippen molar-refractivity contribution in [3.8, 4) is 11.4 Å². The molecule has 24 heavy (non-hydrogen) atoms. The van der Waals surface area contributed by atoms with Gasteiger partial charge in [-0.05, 0) is 38.1 Å². The summed E-state index contributed by atoms with van der Waals surface area (Å²) < 4.78 is 15.7. The predicted octanol–water partition coefficient (Wildman–Crippen LogP) is 1.79. The molecular formula is C17H21N3O4. The van der Waals surface area contributed by atoms with Gasteiger partial charge in [-0.1, -0.05) is 17.3 Å². The molecule has 1 aromatic carbocycles. The Morgan fingerprint density at radius 2 is 2.12 bits per heavy atom. The van der Waals surface area contributed by atoms with Crippen molar-refractivity contribution in [1.29, 1.82) is 0 Å². The Kier molecular flexibility index (Phi) is 4.92. The number of esters is 1. The minimum atomic E-state index is -0.394. The maximum atomic E-state index is 11.7. The van der Waals surface area contributed by atoms with E-state index in [1.54, 1.807) is 25.3 Å². The number of nitrogens with one attached hydrogen (secondary N) is 1. The van der Waals surface area contributed by atoms with Crippen LogP contribution in [0.15, 0.2) is 28.8 Å². The molecule has 0 amide bonds. The van der Waals surface area contributed by atoms with Gasteiger partial charge in [-0.15, -0.1) is 0 Å². The van der Waals surface area contributed by atoms with Gasteiger partial charge < -0.3 is 19.3 Å². The number of hydrogen-bond donors (Lipinski definition) is 1. The number of hydrogen-bond acceptors (Lipinski definition) is 7. The first-order chi connectivity index (χ1) is 11.7. The fourth-order valence-corrected chi connectivity index (χ4v) is 3.06. The third-order valence-electron chi connectivity index (χ3n) is 4.40. The van der Waals surface area contributed by atoms with E-state index >= 15 is 0 Å². The first-order valence-electron chi connectivity index (χ1n) is 7.91. The Labute approximate surface area is 140 Å². The van der Waals surface area contributed by atoms with E-state index in [9.17, 15) is 4.79 Å². The van der Waals surface area contributed by atoms with Crippen LogP contribution in [0.25, 0.3) is 11.4 Å². The highest BCUT2D eigenvalue weighted by molar-refractivity contribution is 5.90. The largest absolute Gasteiger partial charge is 0.465 e. The predicted molar refractivity (Wildman–Crippen MR) is 86.7 cm³/mol. The summed E-state index contributed by atoms with van der Waals surface area (Å²) in [7, 11) is 3.04. The Balaban J connectivity index is 1.91. The van der Waals surface area contributed by atoms with E-state index in [0.29, 0.717) is 23.9 Å². The van der Waals surface area contributed by atoms with Gasteiger partial charge in [-0.3, -0.25) is 0 Å². The van der Waals surface area contributed by atoms with Gasteiger partial charge in [-0.25, -0.2) is 4.79 Å². The zero-order valence-electron chi connectivity index (χ0n) is 13.9. The molecule has 128 valence electrons. The van der Waals surface area contributed by atoms with Gasteiger partial charge >= 0.3 is 5.97 Å². The monoisotopic (exact) mass is 331 g/mol. The maximum Gasteiger partial charge on any atom is 0.337 e. The smallest absolute Gasteiger partial charge is 0.337 e. The number of ether oxygens (including phenoxy) is 2.